The third-order valence-corrected chi connectivity index (χ3v) is 6.89. The molecule has 0 saturated carbocycles. The Hall–Kier alpha value is -4.18. The molecule has 0 fully saturated rings. The predicted octanol–water partition coefficient (Wildman–Crippen LogP) is 8.23. The molecule has 1 aromatic carbocycles. The van der Waals surface area contributed by atoms with Crippen molar-refractivity contribution in [2.24, 2.45) is 0 Å². The fraction of sp³-hybridized carbons (Fsp3) is 0.161. The lowest BCUT2D eigenvalue weighted by atomic mass is 9.91. The van der Waals surface area contributed by atoms with Crippen molar-refractivity contribution in [1.29, 1.82) is 0 Å². The molecule has 4 nitrogen and oxygen atoms in total. The van der Waals surface area contributed by atoms with Crippen LogP contribution in [0.3, 0.4) is 0 Å². The molecule has 4 aromatic rings. The minimum Gasteiger partial charge on any atom is -0.355 e. The third-order valence-electron chi connectivity index (χ3n) is 6.89. The molecular formula is C31H28N4. The van der Waals surface area contributed by atoms with Gasteiger partial charge in [-0.3, -0.25) is 0 Å². The van der Waals surface area contributed by atoms with Gasteiger partial charge in [0.05, 0.1) is 22.8 Å². The van der Waals surface area contributed by atoms with Crippen molar-refractivity contribution in [2.45, 2.75) is 32.6 Å². The first kappa shape index (κ1) is 21.4. The Morgan fingerprint density at radius 3 is 2.11 bits per heavy atom. The van der Waals surface area contributed by atoms with Crippen molar-refractivity contribution in [1.82, 2.24) is 19.9 Å². The van der Waals surface area contributed by atoms with Gasteiger partial charge in [-0.1, -0.05) is 44.2 Å². The molecule has 2 N–H and O–H groups in total. The van der Waals surface area contributed by atoms with Crippen LogP contribution in [0.25, 0.3) is 57.5 Å². The monoisotopic (exact) mass is 456 g/mol. The Kier molecular flexibility index (Phi) is 5.42. The van der Waals surface area contributed by atoms with Crippen molar-refractivity contribution in [3.8, 4) is 11.1 Å². The molecular weight excluding hydrogens is 428 g/mol. The topological polar surface area (TPSA) is 57.4 Å². The van der Waals surface area contributed by atoms with Gasteiger partial charge >= 0.3 is 0 Å². The molecule has 2 aliphatic rings. The molecule has 2 aliphatic heterocycles. The average molecular weight is 457 g/mol. The van der Waals surface area contributed by atoms with E-state index in [-0.39, 0.29) is 0 Å². The summed E-state index contributed by atoms with van der Waals surface area (Å²) in [4.78, 5) is 17.3. The van der Waals surface area contributed by atoms with Crippen molar-refractivity contribution in [3.63, 3.8) is 0 Å². The van der Waals surface area contributed by atoms with E-state index in [9.17, 15) is 0 Å². The molecule has 35 heavy (non-hydrogen) atoms. The number of H-pyrrole nitrogens is 2. The molecule has 0 amide bonds. The molecule has 0 aliphatic carbocycles. The lowest BCUT2D eigenvalue weighted by Gasteiger charge is -2.14. The summed E-state index contributed by atoms with van der Waals surface area (Å²) in [5.41, 5.74) is 11.6. The van der Waals surface area contributed by atoms with Crippen LogP contribution in [0.4, 0.5) is 0 Å². The highest BCUT2D eigenvalue weighted by Crippen LogP contribution is 2.35. The second kappa shape index (κ2) is 8.88. The summed E-state index contributed by atoms with van der Waals surface area (Å²) < 4.78 is 0. The number of hydrogen-bond donors (Lipinski definition) is 2. The molecule has 0 saturated heterocycles. The lowest BCUT2D eigenvalue weighted by Crippen LogP contribution is -2.02. The van der Waals surface area contributed by atoms with Crippen molar-refractivity contribution in [2.75, 3.05) is 0 Å². The van der Waals surface area contributed by atoms with Crippen LogP contribution in [0.5, 0.6) is 0 Å². The minimum atomic E-state index is 0.392. The summed E-state index contributed by atoms with van der Waals surface area (Å²) in [5.74, 6) is 0.392. The van der Waals surface area contributed by atoms with Crippen LogP contribution >= 0.6 is 0 Å². The van der Waals surface area contributed by atoms with Crippen molar-refractivity contribution >= 4 is 46.4 Å². The first-order chi connectivity index (χ1) is 17.2. The van der Waals surface area contributed by atoms with Gasteiger partial charge in [-0.25, -0.2) is 9.97 Å². The number of hydrogen-bond acceptors (Lipinski definition) is 2. The average Bonchev–Trinajstić information content (AvgIpc) is 3.68. The van der Waals surface area contributed by atoms with Gasteiger partial charge in [-0.2, -0.15) is 0 Å². The highest BCUT2D eigenvalue weighted by atomic mass is 14.8. The smallest absolute Gasteiger partial charge is 0.0737 e. The Morgan fingerprint density at radius 2 is 1.31 bits per heavy atom. The van der Waals surface area contributed by atoms with Crippen LogP contribution in [-0.2, 0) is 0 Å². The van der Waals surface area contributed by atoms with Crippen LogP contribution in [0.15, 0.2) is 66.7 Å². The number of benzene rings is 1. The molecule has 5 heterocycles. The normalized spacial score (nSPS) is 12.5. The van der Waals surface area contributed by atoms with Gasteiger partial charge in [-0.15, -0.1) is 0 Å². The van der Waals surface area contributed by atoms with Gasteiger partial charge in [0.1, 0.15) is 0 Å². The van der Waals surface area contributed by atoms with Crippen LogP contribution in [-0.4, -0.2) is 19.9 Å². The van der Waals surface area contributed by atoms with E-state index in [0.29, 0.717) is 5.92 Å². The van der Waals surface area contributed by atoms with Gasteiger partial charge in [0, 0.05) is 33.2 Å². The maximum atomic E-state index is 5.21. The Balaban J connectivity index is 1.76. The summed E-state index contributed by atoms with van der Waals surface area (Å²) in [5, 5.41) is 0. The van der Waals surface area contributed by atoms with E-state index in [4.69, 9.17) is 9.97 Å². The van der Waals surface area contributed by atoms with E-state index in [1.807, 2.05) is 0 Å². The van der Waals surface area contributed by atoms with Crippen LogP contribution in [0.2, 0.25) is 0 Å². The molecule has 0 radical (unpaired) electrons. The van der Waals surface area contributed by atoms with Gasteiger partial charge in [-0.05, 0) is 85.0 Å². The third kappa shape index (κ3) is 4.01. The zero-order chi connectivity index (χ0) is 23.8. The molecule has 8 bridgehead atoms. The molecule has 6 rings (SSSR count). The predicted molar refractivity (Wildman–Crippen MR) is 148 cm³/mol. The number of aromatic amines is 2. The fourth-order valence-corrected chi connectivity index (χ4v) is 5.12. The second-order valence-electron chi connectivity index (χ2n) is 9.12. The maximum Gasteiger partial charge on any atom is 0.0737 e. The van der Waals surface area contributed by atoms with Gasteiger partial charge in [0.2, 0.25) is 0 Å². The first-order valence-corrected chi connectivity index (χ1v) is 12.4. The highest BCUT2D eigenvalue weighted by Gasteiger charge is 2.20. The SMILES string of the molecule is CCC(CC)c1c2nc(cc3ccc(cc4ccc([nH]4)c(-c4ccccc4)c4nc1C=C4)[nH]3)C=C2. The molecule has 0 unspecified atom stereocenters. The highest BCUT2D eigenvalue weighted by molar-refractivity contribution is 5.91. The molecule has 3 aromatic heterocycles. The summed E-state index contributed by atoms with van der Waals surface area (Å²) in [6.07, 6.45) is 10.6. The zero-order valence-electron chi connectivity index (χ0n) is 20.0. The fourth-order valence-electron chi connectivity index (χ4n) is 5.12. The van der Waals surface area contributed by atoms with E-state index in [2.05, 4.69) is 115 Å². The number of rotatable bonds is 4. The number of aromatic nitrogens is 4. The van der Waals surface area contributed by atoms with Crippen molar-refractivity contribution < 1.29 is 0 Å². The van der Waals surface area contributed by atoms with Crippen molar-refractivity contribution in [3.05, 3.63) is 95.1 Å². The van der Waals surface area contributed by atoms with Gasteiger partial charge in [0.15, 0.2) is 0 Å². The quantitative estimate of drug-likeness (QED) is 0.281. The van der Waals surface area contributed by atoms with E-state index >= 15 is 0 Å². The van der Waals surface area contributed by atoms with Gasteiger partial charge < -0.3 is 9.97 Å². The van der Waals surface area contributed by atoms with Crippen LogP contribution in [0.1, 0.15) is 60.9 Å². The summed E-state index contributed by atoms with van der Waals surface area (Å²) in [7, 11) is 0. The Labute approximate surface area is 205 Å². The van der Waals surface area contributed by atoms with E-state index < -0.39 is 0 Å². The first-order valence-electron chi connectivity index (χ1n) is 12.4. The van der Waals surface area contributed by atoms with Gasteiger partial charge in [0.25, 0.3) is 0 Å². The lowest BCUT2D eigenvalue weighted by molar-refractivity contribution is 0.636. The van der Waals surface area contributed by atoms with E-state index in [1.165, 1.54) is 5.56 Å². The summed E-state index contributed by atoms with van der Waals surface area (Å²) in [6, 6.07) is 23.2. The number of nitrogens with zero attached hydrogens (tertiary/aromatic N) is 2. The standard InChI is InChI=1S/C31H28N4/c1-3-20(4-2)30-26-14-12-24(33-26)18-22-10-11-23(32-22)19-25-13-15-27(34-25)31(21-8-6-5-7-9-21)29-17-16-28(30)35-29/h5-20,32,34H,3-4H2,1-2H3. The van der Waals surface area contributed by atoms with Crippen LogP contribution < -0.4 is 0 Å². The summed E-state index contributed by atoms with van der Waals surface area (Å²) in [6.45, 7) is 4.50. The Morgan fingerprint density at radius 1 is 0.657 bits per heavy atom. The number of nitrogens with one attached hydrogen (secondary N) is 2. The molecule has 172 valence electrons. The summed E-state index contributed by atoms with van der Waals surface area (Å²) >= 11 is 0. The maximum absolute atomic E-state index is 5.21. The second-order valence-corrected chi connectivity index (χ2v) is 9.12. The van der Waals surface area contributed by atoms with Crippen LogP contribution in [0, 0.1) is 0 Å². The zero-order valence-corrected chi connectivity index (χ0v) is 20.0. The number of fused-ring (bicyclic) bond motifs is 8. The minimum absolute atomic E-state index is 0.392. The molecule has 0 atom stereocenters. The van der Waals surface area contributed by atoms with E-state index in [0.717, 1.165) is 68.8 Å². The largest absolute Gasteiger partial charge is 0.355 e. The Bertz CT molecular complexity index is 1610. The van der Waals surface area contributed by atoms with E-state index in [1.54, 1.807) is 0 Å². The molecule has 4 heteroatoms. The molecule has 0 spiro atoms.